The van der Waals surface area contributed by atoms with Crippen molar-refractivity contribution in [3.8, 4) is 0 Å². The van der Waals surface area contributed by atoms with Gasteiger partial charge in [-0.2, -0.15) is 0 Å². The van der Waals surface area contributed by atoms with Crippen LogP contribution in [0.1, 0.15) is 12.5 Å². The first-order valence-corrected chi connectivity index (χ1v) is 11.3. The monoisotopic (exact) mass is 473 g/mol. The van der Waals surface area contributed by atoms with Gasteiger partial charge in [0.15, 0.2) is 11.6 Å². The van der Waals surface area contributed by atoms with Crippen molar-refractivity contribution < 1.29 is 23.1 Å². The van der Waals surface area contributed by atoms with Gasteiger partial charge in [-0.25, -0.2) is 23.6 Å². The van der Waals surface area contributed by atoms with Crippen LogP contribution in [0.4, 0.5) is 25.0 Å². The summed E-state index contributed by atoms with van der Waals surface area (Å²) in [4.78, 5) is 26.2. The minimum absolute atomic E-state index is 0.0896. The van der Waals surface area contributed by atoms with Crippen LogP contribution in [0, 0.1) is 11.6 Å². The van der Waals surface area contributed by atoms with Gasteiger partial charge in [0, 0.05) is 58.8 Å². The lowest BCUT2D eigenvalue weighted by Crippen LogP contribution is -2.40. The van der Waals surface area contributed by atoms with Gasteiger partial charge in [0.25, 0.3) is 0 Å². The first kappa shape index (κ1) is 23.9. The van der Waals surface area contributed by atoms with Gasteiger partial charge in [-0.05, 0) is 5.56 Å². The highest BCUT2D eigenvalue weighted by Gasteiger charge is 2.34. The summed E-state index contributed by atoms with van der Waals surface area (Å²) >= 11 is 0. The van der Waals surface area contributed by atoms with Crippen molar-refractivity contribution in [2.75, 3.05) is 56.1 Å². The Labute approximate surface area is 197 Å². The summed E-state index contributed by atoms with van der Waals surface area (Å²) < 4.78 is 35.5. The van der Waals surface area contributed by atoms with E-state index in [0.29, 0.717) is 32.7 Å². The van der Waals surface area contributed by atoms with Crippen LogP contribution in [0.2, 0.25) is 0 Å². The molecule has 2 fully saturated rings. The molecule has 0 aliphatic carbocycles. The topological polar surface area (TPSA) is 68.4 Å². The highest BCUT2D eigenvalue weighted by molar-refractivity contribution is 5.90. The highest BCUT2D eigenvalue weighted by atomic mass is 19.1. The van der Waals surface area contributed by atoms with Crippen molar-refractivity contribution in [3.05, 3.63) is 59.7 Å². The SMILES string of the molecule is CC(=O)NC[C@H]1CN(c2cc(F)c(N3CCN(C)N(Cc4ccccc4)CC3)c(F)c2)C(=O)O1. The molecule has 0 spiro atoms. The third-order valence-electron chi connectivity index (χ3n) is 6.09. The standard InChI is InChI=1S/C24H29F2N5O3/c1-17(32)27-14-20-16-31(24(33)34-20)19-12-21(25)23(22(26)13-19)29-9-8-28(2)30(11-10-29)15-18-6-4-3-5-7-18/h3-7,12-13,20H,8-11,14-16H2,1-2H3,(H,27,32)/t20-/m0/s1. The number of hydrazine groups is 1. The van der Waals surface area contributed by atoms with Gasteiger partial charge in [0.05, 0.1) is 18.8 Å². The maximum Gasteiger partial charge on any atom is 0.414 e. The molecule has 2 aliphatic heterocycles. The number of likely N-dealkylation sites (N-methyl/N-ethyl adjacent to an activating group) is 1. The molecule has 2 aromatic rings. The Hall–Kier alpha value is -3.24. The van der Waals surface area contributed by atoms with Gasteiger partial charge in [-0.1, -0.05) is 30.3 Å². The van der Waals surface area contributed by atoms with Crippen LogP contribution in [0.3, 0.4) is 0 Å². The number of hydrogen-bond acceptors (Lipinski definition) is 6. The van der Waals surface area contributed by atoms with Crippen molar-refractivity contribution in [3.63, 3.8) is 0 Å². The molecule has 0 aromatic heterocycles. The second-order valence-corrected chi connectivity index (χ2v) is 8.55. The third kappa shape index (κ3) is 5.45. The van der Waals surface area contributed by atoms with Gasteiger partial charge in [-0.3, -0.25) is 9.69 Å². The number of benzene rings is 2. The van der Waals surface area contributed by atoms with E-state index in [1.54, 1.807) is 4.90 Å². The normalized spacial score (nSPS) is 19.8. The predicted molar refractivity (Wildman–Crippen MR) is 124 cm³/mol. The molecule has 2 heterocycles. The Morgan fingerprint density at radius 3 is 2.44 bits per heavy atom. The zero-order valence-electron chi connectivity index (χ0n) is 19.3. The number of ether oxygens (including phenoxy) is 1. The number of carbonyl (C=O) groups is 2. The molecule has 1 atom stereocenters. The first-order valence-electron chi connectivity index (χ1n) is 11.3. The Balaban J connectivity index is 1.46. The minimum atomic E-state index is -0.729. The Morgan fingerprint density at radius 2 is 1.76 bits per heavy atom. The number of cyclic esters (lactones) is 1. The molecule has 182 valence electrons. The zero-order chi connectivity index (χ0) is 24.2. The van der Waals surface area contributed by atoms with Crippen molar-refractivity contribution in [2.45, 2.75) is 19.6 Å². The van der Waals surface area contributed by atoms with Gasteiger partial charge < -0.3 is 15.0 Å². The smallest absolute Gasteiger partial charge is 0.414 e. The van der Waals surface area contributed by atoms with E-state index >= 15 is 8.78 Å². The lowest BCUT2D eigenvalue weighted by Gasteiger charge is -2.29. The number of rotatable bonds is 6. The van der Waals surface area contributed by atoms with E-state index in [2.05, 4.69) is 27.5 Å². The second kappa shape index (κ2) is 10.4. The average molecular weight is 474 g/mol. The van der Waals surface area contributed by atoms with Gasteiger partial charge in [0.2, 0.25) is 5.91 Å². The molecule has 34 heavy (non-hydrogen) atoms. The molecule has 2 aliphatic rings. The van der Waals surface area contributed by atoms with E-state index in [4.69, 9.17) is 4.74 Å². The highest BCUT2D eigenvalue weighted by Crippen LogP contribution is 2.31. The lowest BCUT2D eigenvalue weighted by atomic mass is 10.2. The van der Waals surface area contributed by atoms with Crippen LogP contribution >= 0.6 is 0 Å². The quantitative estimate of drug-likeness (QED) is 0.696. The Morgan fingerprint density at radius 1 is 1.09 bits per heavy atom. The average Bonchev–Trinajstić information content (AvgIpc) is 3.09. The molecule has 0 radical (unpaired) electrons. The molecule has 8 nitrogen and oxygen atoms in total. The molecular formula is C24H29F2N5O3. The van der Waals surface area contributed by atoms with Crippen LogP contribution in [0.5, 0.6) is 0 Å². The summed E-state index contributed by atoms with van der Waals surface area (Å²) in [6, 6.07) is 12.4. The number of halogens is 2. The summed E-state index contributed by atoms with van der Waals surface area (Å²) in [6.45, 7) is 4.44. The molecule has 10 heteroatoms. The molecule has 0 unspecified atom stereocenters. The van der Waals surface area contributed by atoms with Crippen molar-refractivity contribution in [1.29, 1.82) is 0 Å². The molecule has 2 amide bonds. The van der Waals surface area contributed by atoms with Crippen LogP contribution < -0.4 is 15.1 Å². The van der Waals surface area contributed by atoms with Crippen LogP contribution in [-0.4, -0.2) is 74.4 Å². The van der Waals surface area contributed by atoms with Crippen LogP contribution in [-0.2, 0) is 16.1 Å². The van der Waals surface area contributed by atoms with Crippen molar-refractivity contribution >= 4 is 23.4 Å². The largest absolute Gasteiger partial charge is 0.442 e. The predicted octanol–water partition coefficient (Wildman–Crippen LogP) is 2.60. The Bertz CT molecular complexity index is 1020. The Kier molecular flexibility index (Phi) is 7.28. The number of anilines is 2. The summed E-state index contributed by atoms with van der Waals surface area (Å²) in [5, 5.41) is 6.82. The molecule has 0 bridgehead atoms. The maximum absolute atomic E-state index is 15.2. The fraction of sp³-hybridized carbons (Fsp3) is 0.417. The lowest BCUT2D eigenvalue weighted by molar-refractivity contribution is -0.119. The number of carbonyl (C=O) groups excluding carboxylic acids is 2. The molecule has 1 N–H and O–H groups in total. The van der Waals surface area contributed by atoms with Crippen LogP contribution in [0.25, 0.3) is 0 Å². The van der Waals surface area contributed by atoms with Crippen LogP contribution in [0.15, 0.2) is 42.5 Å². The molecular weight excluding hydrogens is 444 g/mol. The number of hydrogen-bond donors (Lipinski definition) is 1. The van der Waals surface area contributed by atoms with Gasteiger partial charge in [-0.15, -0.1) is 0 Å². The molecule has 4 rings (SSSR count). The van der Waals surface area contributed by atoms with E-state index in [1.165, 1.54) is 17.4 Å². The van der Waals surface area contributed by atoms with Crippen molar-refractivity contribution in [1.82, 2.24) is 15.3 Å². The minimum Gasteiger partial charge on any atom is -0.442 e. The third-order valence-corrected chi connectivity index (χ3v) is 6.09. The van der Waals surface area contributed by atoms with Gasteiger partial charge in [0.1, 0.15) is 11.8 Å². The number of nitrogens with zero attached hydrogens (tertiary/aromatic N) is 4. The summed E-state index contributed by atoms with van der Waals surface area (Å²) in [7, 11) is 1.97. The molecule has 2 saturated heterocycles. The zero-order valence-corrected chi connectivity index (χ0v) is 19.3. The summed E-state index contributed by atoms with van der Waals surface area (Å²) in [5.74, 6) is -1.71. The number of amides is 2. The first-order chi connectivity index (χ1) is 16.3. The van der Waals surface area contributed by atoms with Gasteiger partial charge >= 0.3 is 6.09 Å². The van der Waals surface area contributed by atoms with Crippen molar-refractivity contribution in [2.24, 2.45) is 0 Å². The number of nitrogens with one attached hydrogen (secondary N) is 1. The van der Waals surface area contributed by atoms with E-state index in [9.17, 15) is 9.59 Å². The second-order valence-electron chi connectivity index (χ2n) is 8.55. The summed E-state index contributed by atoms with van der Waals surface area (Å²) in [5.41, 5.74) is 1.16. The summed E-state index contributed by atoms with van der Waals surface area (Å²) in [6.07, 6.45) is -1.28. The van der Waals surface area contributed by atoms with E-state index in [-0.39, 0.29) is 30.4 Å². The fourth-order valence-electron chi connectivity index (χ4n) is 4.25. The van der Waals surface area contributed by atoms with E-state index in [0.717, 1.165) is 12.1 Å². The molecule has 0 saturated carbocycles. The fourth-order valence-corrected chi connectivity index (χ4v) is 4.25. The maximum atomic E-state index is 15.2. The van der Waals surface area contributed by atoms with E-state index < -0.39 is 23.8 Å². The molecule has 2 aromatic carbocycles. The van der Waals surface area contributed by atoms with E-state index in [1.807, 2.05) is 25.2 Å².